The number of aromatic nitrogens is 2. The van der Waals surface area contributed by atoms with Crippen LogP contribution in [0.1, 0.15) is 57.8 Å². The van der Waals surface area contributed by atoms with Crippen molar-refractivity contribution in [3.8, 4) is 5.75 Å². The summed E-state index contributed by atoms with van der Waals surface area (Å²) in [6.07, 6.45) is 1.28. The number of ether oxygens (including phenoxy) is 3. The molecule has 4 heterocycles. The Bertz CT molecular complexity index is 2170. The molecule has 4 N–H and O–H groups in total. The Kier molecular flexibility index (Phi) is 12.6. The number of benzene rings is 2. The molecule has 1 aromatic heterocycles. The van der Waals surface area contributed by atoms with Crippen LogP contribution < -0.4 is 35.8 Å². The largest absolute Gasteiger partial charge is 0.495 e. The molecule has 2 aromatic carbocycles. The predicted octanol–water partition coefficient (Wildman–Crippen LogP) is 2.47. The Labute approximate surface area is 335 Å². The summed E-state index contributed by atoms with van der Waals surface area (Å²) in [6.45, 7) is 3.40. The molecule has 6 amide bonds. The van der Waals surface area contributed by atoms with Crippen LogP contribution >= 0.6 is 0 Å². The highest BCUT2D eigenvalue weighted by atomic mass is 19.3. The number of hydrogen-bond acceptors (Lipinski definition) is 14. The summed E-state index contributed by atoms with van der Waals surface area (Å²) in [5.74, 6) is -9.07. The van der Waals surface area contributed by atoms with Gasteiger partial charge in [0.25, 0.3) is 23.6 Å². The summed E-state index contributed by atoms with van der Waals surface area (Å²) < 4.78 is 61.1. The van der Waals surface area contributed by atoms with Gasteiger partial charge >= 0.3 is 5.92 Å². The number of piperidine rings is 1. The van der Waals surface area contributed by atoms with Crippen molar-refractivity contribution in [2.75, 3.05) is 80.7 Å². The summed E-state index contributed by atoms with van der Waals surface area (Å²) >= 11 is 0. The quantitative estimate of drug-likeness (QED) is 0.121. The van der Waals surface area contributed by atoms with Crippen molar-refractivity contribution in [3.05, 3.63) is 59.0 Å². The number of anilines is 5. The second-order valence-electron chi connectivity index (χ2n) is 13.9. The fraction of sp³-hybridized carbons (Fsp3) is 0.421. The van der Waals surface area contributed by atoms with Crippen LogP contribution in [-0.2, 0) is 23.9 Å². The van der Waals surface area contributed by atoms with E-state index in [0.717, 1.165) is 15.9 Å². The second-order valence-corrected chi connectivity index (χ2v) is 13.9. The van der Waals surface area contributed by atoms with Gasteiger partial charge in [-0.3, -0.25) is 39.0 Å². The number of carbonyl (C=O) groups excluding carboxylic acids is 6. The molecule has 1 atom stereocenters. The lowest BCUT2D eigenvalue weighted by Crippen LogP contribution is -2.54. The van der Waals surface area contributed by atoms with Crippen LogP contribution in [0.3, 0.4) is 0 Å². The van der Waals surface area contributed by atoms with Crippen molar-refractivity contribution in [3.63, 3.8) is 0 Å². The van der Waals surface area contributed by atoms with Crippen LogP contribution in [0.5, 0.6) is 5.75 Å². The van der Waals surface area contributed by atoms with E-state index >= 15 is 4.39 Å². The third-order valence-electron chi connectivity index (χ3n) is 9.71. The van der Waals surface area contributed by atoms with Crippen LogP contribution in [0, 0.1) is 5.82 Å². The lowest BCUT2D eigenvalue weighted by atomic mass is 10.0. The first-order valence-corrected chi connectivity index (χ1v) is 18.6. The highest BCUT2D eigenvalue weighted by Gasteiger charge is 2.48. The van der Waals surface area contributed by atoms with E-state index in [2.05, 4.69) is 31.2 Å². The highest BCUT2D eigenvalue weighted by Crippen LogP contribution is 2.38. The van der Waals surface area contributed by atoms with Gasteiger partial charge in [-0.25, -0.2) is 9.37 Å². The lowest BCUT2D eigenvalue weighted by Gasteiger charge is -2.29. The molecule has 1 unspecified atom stereocenters. The number of methoxy groups -OCH3 is 1. The Morgan fingerprint density at radius 2 is 1.75 bits per heavy atom. The Morgan fingerprint density at radius 1 is 1.02 bits per heavy atom. The molecule has 3 aliphatic heterocycles. The maximum Gasteiger partial charge on any atom is 0.342 e. The lowest BCUT2D eigenvalue weighted by molar-refractivity contribution is -0.140. The molecule has 314 valence electrons. The number of rotatable bonds is 16. The average Bonchev–Trinajstić information content (AvgIpc) is 3.41. The fourth-order valence-corrected chi connectivity index (χ4v) is 6.70. The van der Waals surface area contributed by atoms with E-state index in [1.165, 1.54) is 37.4 Å². The molecule has 0 saturated carbocycles. The van der Waals surface area contributed by atoms with Gasteiger partial charge < -0.3 is 40.0 Å². The third kappa shape index (κ3) is 8.89. The molecule has 0 spiro atoms. The average molecular weight is 826 g/mol. The minimum absolute atomic E-state index is 0.0187. The van der Waals surface area contributed by atoms with Gasteiger partial charge in [0, 0.05) is 44.4 Å². The zero-order valence-corrected chi connectivity index (χ0v) is 32.5. The molecular weight excluding hydrogens is 783 g/mol. The Hall–Kier alpha value is -6.35. The topological polar surface area (TPSA) is 214 Å². The maximum absolute atomic E-state index is 15.3. The number of nitrogens with zero attached hydrogens (tertiary/aromatic N) is 5. The number of fused-ring (bicyclic) bond motifs is 2. The molecule has 18 nitrogen and oxygen atoms in total. The molecule has 3 aromatic rings. The van der Waals surface area contributed by atoms with Crippen LogP contribution in [-0.4, -0.2) is 129 Å². The maximum atomic E-state index is 15.3. The van der Waals surface area contributed by atoms with Gasteiger partial charge in [-0.2, -0.15) is 13.8 Å². The van der Waals surface area contributed by atoms with Crippen molar-refractivity contribution in [1.29, 1.82) is 0 Å². The van der Waals surface area contributed by atoms with Gasteiger partial charge in [0.2, 0.25) is 17.8 Å². The van der Waals surface area contributed by atoms with Crippen molar-refractivity contribution >= 4 is 64.3 Å². The number of amides is 6. The van der Waals surface area contributed by atoms with E-state index in [1.54, 1.807) is 26.0 Å². The molecule has 6 rings (SSSR count). The molecule has 0 aliphatic carbocycles. The van der Waals surface area contributed by atoms with Gasteiger partial charge in [0.1, 0.15) is 23.3 Å². The van der Waals surface area contributed by atoms with Gasteiger partial charge in [-0.05, 0) is 38.5 Å². The standard InChI is InChI=1S/C38H42F3N9O9/c1-20(2)49-19-38(40,41)36(56)48(3)27-18-44-37(47-31(27)49)45-25-17-23(39)22(16-28(25)57-4)32(52)43-11-13-59-15-14-58-12-10-42-24-7-5-6-21-30(24)35(55)50(34(21)54)26-8-9-29(51)46-33(26)53/h5-7,16-18,20,26,42H,8-15,19H2,1-4H3,(H,43,52)(H,44,45,47)(H,46,51,53). The van der Waals surface area contributed by atoms with E-state index in [0.29, 0.717) is 5.69 Å². The monoisotopic (exact) mass is 825 g/mol. The van der Waals surface area contributed by atoms with Gasteiger partial charge in [0.15, 0.2) is 5.82 Å². The first-order valence-electron chi connectivity index (χ1n) is 18.6. The molecule has 1 saturated heterocycles. The molecule has 3 aliphatic rings. The number of halogens is 3. The molecule has 0 bridgehead atoms. The molecule has 0 radical (unpaired) electrons. The summed E-state index contributed by atoms with van der Waals surface area (Å²) in [4.78, 5) is 86.9. The van der Waals surface area contributed by atoms with Crippen LogP contribution in [0.15, 0.2) is 36.5 Å². The van der Waals surface area contributed by atoms with E-state index in [9.17, 15) is 37.5 Å². The summed E-state index contributed by atoms with van der Waals surface area (Å²) in [7, 11) is 2.51. The number of carbonyl (C=O) groups is 6. The third-order valence-corrected chi connectivity index (χ3v) is 9.71. The summed E-state index contributed by atoms with van der Waals surface area (Å²) in [5.41, 5.74) is 0.481. The number of alkyl halides is 2. The van der Waals surface area contributed by atoms with Crippen molar-refractivity contribution in [1.82, 2.24) is 25.5 Å². The molecular formula is C38H42F3N9O9. The van der Waals surface area contributed by atoms with E-state index in [-0.39, 0.29) is 97.9 Å². The van der Waals surface area contributed by atoms with Gasteiger partial charge in [-0.1, -0.05) is 6.07 Å². The summed E-state index contributed by atoms with van der Waals surface area (Å²) in [6, 6.07) is 5.40. The van der Waals surface area contributed by atoms with Crippen LogP contribution in [0.4, 0.5) is 42.0 Å². The first-order chi connectivity index (χ1) is 28.1. The summed E-state index contributed by atoms with van der Waals surface area (Å²) in [5, 5.41) is 10.6. The minimum Gasteiger partial charge on any atom is -0.495 e. The van der Waals surface area contributed by atoms with Gasteiger partial charge in [-0.15, -0.1) is 0 Å². The highest BCUT2D eigenvalue weighted by molar-refractivity contribution is 6.25. The number of imide groups is 2. The fourth-order valence-electron chi connectivity index (χ4n) is 6.70. The van der Waals surface area contributed by atoms with Crippen molar-refractivity contribution < 1.29 is 56.1 Å². The number of hydrogen-bond donors (Lipinski definition) is 4. The SMILES string of the molecule is COc1cc(C(=O)NCCOCCOCCNc2cccc3c2C(=O)N(C2CCC(=O)NC2=O)C3=O)c(F)cc1Nc1ncc2c(n1)N(C(C)C)CC(F)(F)C(=O)N2C. The smallest absolute Gasteiger partial charge is 0.342 e. The van der Waals surface area contributed by atoms with Gasteiger partial charge in [0.05, 0.1) is 68.7 Å². The Morgan fingerprint density at radius 3 is 2.44 bits per heavy atom. The normalized spacial score (nSPS) is 17.5. The zero-order chi connectivity index (χ0) is 42.6. The first kappa shape index (κ1) is 42.3. The number of nitrogens with one attached hydrogen (secondary N) is 4. The Balaban J connectivity index is 0.940. The van der Waals surface area contributed by atoms with Crippen molar-refractivity contribution in [2.24, 2.45) is 0 Å². The van der Waals surface area contributed by atoms with E-state index in [4.69, 9.17) is 14.2 Å². The van der Waals surface area contributed by atoms with E-state index in [1.807, 2.05) is 0 Å². The molecule has 59 heavy (non-hydrogen) atoms. The van der Waals surface area contributed by atoms with E-state index < -0.39 is 65.8 Å². The zero-order valence-electron chi connectivity index (χ0n) is 32.5. The van der Waals surface area contributed by atoms with Crippen LogP contribution in [0.25, 0.3) is 0 Å². The second kappa shape index (κ2) is 17.6. The van der Waals surface area contributed by atoms with Crippen molar-refractivity contribution in [2.45, 2.75) is 44.7 Å². The van der Waals surface area contributed by atoms with Crippen LogP contribution in [0.2, 0.25) is 0 Å². The molecule has 21 heteroatoms. The predicted molar refractivity (Wildman–Crippen MR) is 205 cm³/mol. The minimum atomic E-state index is -3.68. The molecule has 1 fully saturated rings.